The van der Waals surface area contributed by atoms with Crippen molar-refractivity contribution in [3.05, 3.63) is 52.0 Å². The lowest BCUT2D eigenvalue weighted by atomic mass is 9.86. The number of nitrogens with two attached hydrogens (primary N) is 1. The van der Waals surface area contributed by atoms with Crippen molar-refractivity contribution in [3.63, 3.8) is 0 Å². The van der Waals surface area contributed by atoms with E-state index in [0.717, 1.165) is 5.56 Å². The summed E-state index contributed by atoms with van der Waals surface area (Å²) in [5.41, 5.74) is 7.20. The highest BCUT2D eigenvalue weighted by atomic mass is 35.5. The normalized spacial score (nSPS) is 14.2. The van der Waals surface area contributed by atoms with E-state index >= 15 is 0 Å². The number of benzene rings is 2. The van der Waals surface area contributed by atoms with Crippen LogP contribution in [0.25, 0.3) is 0 Å². The van der Waals surface area contributed by atoms with Crippen molar-refractivity contribution in [3.8, 4) is 5.75 Å². The lowest BCUT2D eigenvalue weighted by Crippen LogP contribution is -2.43. The second-order valence-corrected chi connectivity index (χ2v) is 9.25. The summed E-state index contributed by atoms with van der Waals surface area (Å²) < 4.78 is 11.2. The third-order valence-corrected chi connectivity index (χ3v) is 5.98. The van der Waals surface area contributed by atoms with Gasteiger partial charge in [0.2, 0.25) is 0 Å². The fraction of sp³-hybridized carbons (Fsp3) is 0.391. The summed E-state index contributed by atoms with van der Waals surface area (Å²) in [6, 6.07) is 9.63. The Morgan fingerprint density at radius 2 is 1.81 bits per heavy atom. The quantitative estimate of drug-likeness (QED) is 0.670. The maximum atomic E-state index is 12.6. The van der Waals surface area contributed by atoms with Crippen LogP contribution in [0.5, 0.6) is 5.75 Å². The van der Waals surface area contributed by atoms with E-state index < -0.39 is 6.03 Å². The van der Waals surface area contributed by atoms with Gasteiger partial charge in [0.1, 0.15) is 5.75 Å². The molecule has 2 aromatic carbocycles. The Hall–Kier alpha value is -2.48. The van der Waals surface area contributed by atoms with Crippen LogP contribution >= 0.6 is 23.2 Å². The summed E-state index contributed by atoms with van der Waals surface area (Å²) in [6.07, 6.45) is 0. The highest BCUT2D eigenvalue weighted by Gasteiger charge is 2.26. The van der Waals surface area contributed by atoms with Crippen LogP contribution in [0.1, 0.15) is 26.3 Å². The van der Waals surface area contributed by atoms with Crippen LogP contribution in [0.4, 0.5) is 16.2 Å². The standard InChI is InChI=1S/C23H27Cl2N3O4/c1-23(2,3)15-7-8-19(32-14-20(29)27-9-11-31-12-10-27)18(13-15)28(22(26)30)17-6-4-5-16(24)21(17)25/h4-8,13H,9-12,14H2,1-3H3,(H2,26,30). The van der Waals surface area contributed by atoms with Crippen LogP contribution in [-0.2, 0) is 14.9 Å². The maximum absolute atomic E-state index is 12.6. The predicted molar refractivity (Wildman–Crippen MR) is 126 cm³/mol. The van der Waals surface area contributed by atoms with Crippen molar-refractivity contribution in [1.29, 1.82) is 0 Å². The van der Waals surface area contributed by atoms with E-state index in [1.807, 2.05) is 12.1 Å². The molecule has 1 aliphatic rings. The third kappa shape index (κ3) is 5.46. The molecule has 1 aliphatic heterocycles. The van der Waals surface area contributed by atoms with Crippen LogP contribution in [-0.4, -0.2) is 49.7 Å². The first-order valence-electron chi connectivity index (χ1n) is 10.3. The summed E-state index contributed by atoms with van der Waals surface area (Å²) in [5.74, 6) is 0.167. The molecule has 0 atom stereocenters. The average Bonchev–Trinajstić information content (AvgIpc) is 2.75. The van der Waals surface area contributed by atoms with E-state index in [2.05, 4.69) is 20.8 Å². The minimum Gasteiger partial charge on any atom is -0.482 e. The highest BCUT2D eigenvalue weighted by molar-refractivity contribution is 6.44. The summed E-state index contributed by atoms with van der Waals surface area (Å²) in [6.45, 7) is 8.01. The zero-order valence-electron chi connectivity index (χ0n) is 18.4. The first-order chi connectivity index (χ1) is 15.1. The van der Waals surface area contributed by atoms with E-state index in [9.17, 15) is 9.59 Å². The largest absolute Gasteiger partial charge is 0.482 e. The Labute approximate surface area is 198 Å². The summed E-state index contributed by atoms with van der Waals surface area (Å²) in [4.78, 5) is 28.1. The molecule has 9 heteroatoms. The molecule has 3 amide bonds. The molecule has 3 rings (SSSR count). The van der Waals surface area contributed by atoms with E-state index in [-0.39, 0.29) is 28.0 Å². The molecule has 32 heavy (non-hydrogen) atoms. The van der Waals surface area contributed by atoms with Crippen LogP contribution < -0.4 is 15.4 Å². The number of halogens is 2. The molecule has 0 aliphatic carbocycles. The van der Waals surface area contributed by atoms with Gasteiger partial charge in [-0.15, -0.1) is 0 Å². The van der Waals surface area contributed by atoms with E-state index in [4.69, 9.17) is 38.4 Å². The topological polar surface area (TPSA) is 85.1 Å². The zero-order valence-corrected chi connectivity index (χ0v) is 19.9. The van der Waals surface area contributed by atoms with Gasteiger partial charge in [0.05, 0.1) is 34.6 Å². The number of anilines is 2. The Kier molecular flexibility index (Phi) is 7.54. The number of nitrogens with zero attached hydrogens (tertiary/aromatic N) is 2. The van der Waals surface area contributed by atoms with Gasteiger partial charge in [-0.3, -0.25) is 9.69 Å². The highest BCUT2D eigenvalue weighted by Crippen LogP contribution is 2.41. The number of hydrogen-bond acceptors (Lipinski definition) is 4. The van der Waals surface area contributed by atoms with E-state index in [0.29, 0.717) is 43.4 Å². The average molecular weight is 480 g/mol. The smallest absolute Gasteiger partial charge is 0.324 e. The number of morpholine rings is 1. The fourth-order valence-corrected chi connectivity index (χ4v) is 3.74. The lowest BCUT2D eigenvalue weighted by molar-refractivity contribution is -0.137. The van der Waals surface area contributed by atoms with Crippen LogP contribution in [0, 0.1) is 0 Å². The molecule has 172 valence electrons. The predicted octanol–water partition coefficient (Wildman–Crippen LogP) is 4.75. The number of amides is 3. The van der Waals surface area contributed by atoms with Crippen molar-refractivity contribution in [1.82, 2.24) is 4.90 Å². The first kappa shape index (κ1) is 24.2. The number of hydrogen-bond donors (Lipinski definition) is 1. The number of primary amides is 1. The van der Waals surface area contributed by atoms with Crippen molar-refractivity contribution in [2.45, 2.75) is 26.2 Å². The number of urea groups is 1. The molecule has 1 saturated heterocycles. The zero-order chi connectivity index (χ0) is 23.5. The summed E-state index contributed by atoms with van der Waals surface area (Å²) in [5, 5.41) is 0.469. The van der Waals surface area contributed by atoms with Crippen LogP contribution in [0.3, 0.4) is 0 Å². The molecule has 0 bridgehead atoms. The van der Waals surface area contributed by atoms with Gasteiger partial charge in [-0.2, -0.15) is 0 Å². The van der Waals surface area contributed by atoms with Gasteiger partial charge in [-0.05, 0) is 35.2 Å². The SMILES string of the molecule is CC(C)(C)c1ccc(OCC(=O)N2CCOCC2)c(N(C(N)=O)c2cccc(Cl)c2Cl)c1. The second-order valence-electron chi connectivity index (χ2n) is 8.46. The molecule has 1 fully saturated rings. The monoisotopic (exact) mass is 479 g/mol. The third-order valence-electron chi connectivity index (χ3n) is 5.17. The molecular formula is C23H27Cl2N3O4. The Morgan fingerprint density at radius 1 is 1.12 bits per heavy atom. The lowest BCUT2D eigenvalue weighted by Gasteiger charge is -2.29. The molecule has 0 saturated carbocycles. The number of carbonyl (C=O) groups excluding carboxylic acids is 2. The van der Waals surface area contributed by atoms with E-state index in [1.54, 1.807) is 29.2 Å². The summed E-state index contributed by atoms with van der Waals surface area (Å²) in [7, 11) is 0. The van der Waals surface area contributed by atoms with Gasteiger partial charge in [-0.1, -0.05) is 56.1 Å². The van der Waals surface area contributed by atoms with Crippen LogP contribution in [0.2, 0.25) is 10.0 Å². The van der Waals surface area contributed by atoms with Gasteiger partial charge < -0.3 is 20.1 Å². The minimum absolute atomic E-state index is 0.162. The van der Waals surface area contributed by atoms with Crippen molar-refractivity contribution in [2.24, 2.45) is 5.73 Å². The fourth-order valence-electron chi connectivity index (χ4n) is 3.36. The molecule has 0 unspecified atom stereocenters. The molecule has 0 aromatic heterocycles. The molecule has 0 radical (unpaired) electrons. The van der Waals surface area contributed by atoms with E-state index in [1.165, 1.54) is 4.90 Å². The van der Waals surface area contributed by atoms with Crippen molar-refractivity contribution >= 4 is 46.5 Å². The van der Waals surface area contributed by atoms with Crippen molar-refractivity contribution < 1.29 is 19.1 Å². The summed E-state index contributed by atoms with van der Waals surface area (Å²) >= 11 is 12.6. The molecule has 2 N–H and O–H groups in total. The minimum atomic E-state index is -0.760. The first-order valence-corrected chi connectivity index (χ1v) is 11.0. The van der Waals surface area contributed by atoms with Crippen molar-refractivity contribution in [2.75, 3.05) is 37.8 Å². The Morgan fingerprint density at radius 3 is 2.44 bits per heavy atom. The number of carbonyl (C=O) groups is 2. The molecule has 1 heterocycles. The molecule has 2 aromatic rings. The Balaban J connectivity index is 2.01. The van der Waals surface area contributed by atoms with Gasteiger partial charge in [0.25, 0.3) is 5.91 Å². The van der Waals surface area contributed by atoms with Gasteiger partial charge in [-0.25, -0.2) is 4.79 Å². The second kappa shape index (κ2) is 9.98. The maximum Gasteiger partial charge on any atom is 0.324 e. The van der Waals surface area contributed by atoms with Gasteiger partial charge in [0.15, 0.2) is 6.61 Å². The molecule has 7 nitrogen and oxygen atoms in total. The number of ether oxygens (including phenoxy) is 2. The molecule has 0 spiro atoms. The van der Waals surface area contributed by atoms with Gasteiger partial charge in [0, 0.05) is 13.1 Å². The molecular weight excluding hydrogens is 453 g/mol. The number of rotatable bonds is 5. The van der Waals surface area contributed by atoms with Gasteiger partial charge >= 0.3 is 6.03 Å². The Bertz CT molecular complexity index is 1000. The van der Waals surface area contributed by atoms with Crippen LogP contribution in [0.15, 0.2) is 36.4 Å².